The molecule has 7 atom stereocenters. The summed E-state index contributed by atoms with van der Waals surface area (Å²) in [6, 6.07) is 8.18. The number of para-hydroxylation sites is 1. The fraction of sp³-hybridized carbons (Fsp3) is 0.632. The molecule has 1 amide bonds. The lowest BCUT2D eigenvalue weighted by Gasteiger charge is -2.43. The Morgan fingerprint density at radius 1 is 1.44 bits per heavy atom. The fourth-order valence-corrected chi connectivity index (χ4v) is 5.89. The number of nitrogens with one attached hydrogen (secondary N) is 1. The van der Waals surface area contributed by atoms with E-state index in [0.29, 0.717) is 19.1 Å². The summed E-state index contributed by atoms with van der Waals surface area (Å²) in [7, 11) is 1.51. The maximum absolute atomic E-state index is 13.5. The number of hydrogen-bond acceptors (Lipinski definition) is 5. The lowest BCUT2D eigenvalue weighted by molar-refractivity contribution is -0.159. The number of hydroxylamine groups is 1. The third-order valence-electron chi connectivity index (χ3n) is 6.90. The monoisotopic (exact) mass is 344 g/mol. The van der Waals surface area contributed by atoms with E-state index in [0.717, 1.165) is 17.7 Å². The third kappa shape index (κ3) is 1.76. The van der Waals surface area contributed by atoms with Gasteiger partial charge in [-0.05, 0) is 24.5 Å². The molecule has 25 heavy (non-hydrogen) atoms. The molecule has 6 nitrogen and oxygen atoms in total. The highest BCUT2D eigenvalue weighted by molar-refractivity contribution is 6.07. The number of anilines is 1. The molecule has 0 aromatic heterocycles. The Hall–Kier alpha value is -1.47. The number of fused-ring (bicyclic) bond motifs is 2. The van der Waals surface area contributed by atoms with Crippen LogP contribution in [0.1, 0.15) is 25.3 Å². The minimum atomic E-state index is -0.883. The van der Waals surface area contributed by atoms with Crippen LogP contribution in [-0.4, -0.2) is 49.0 Å². The highest BCUT2D eigenvalue weighted by Crippen LogP contribution is 2.56. The van der Waals surface area contributed by atoms with Crippen molar-refractivity contribution in [2.24, 2.45) is 11.8 Å². The maximum Gasteiger partial charge on any atom is 0.264 e. The smallest absolute Gasteiger partial charge is 0.264 e. The normalized spacial score (nSPS) is 44.4. The van der Waals surface area contributed by atoms with Gasteiger partial charge in [0.15, 0.2) is 0 Å². The number of aliphatic hydroxyl groups excluding tert-OH is 1. The van der Waals surface area contributed by atoms with E-state index in [9.17, 15) is 9.90 Å². The number of nitrogens with zero attached hydrogens (tertiary/aromatic N) is 1. The minimum Gasteiger partial charge on any atom is -0.390 e. The van der Waals surface area contributed by atoms with Gasteiger partial charge in [-0.25, -0.2) is 0 Å². The Balaban J connectivity index is 1.69. The Morgan fingerprint density at radius 2 is 2.24 bits per heavy atom. The largest absolute Gasteiger partial charge is 0.390 e. The summed E-state index contributed by atoms with van der Waals surface area (Å²) in [6.45, 7) is 2.75. The molecule has 4 aliphatic heterocycles. The Bertz CT molecular complexity index is 725. The highest BCUT2D eigenvalue weighted by atomic mass is 16.7. The van der Waals surface area contributed by atoms with Crippen LogP contribution in [0.5, 0.6) is 0 Å². The molecule has 6 rings (SSSR count). The molecule has 1 aromatic carbocycles. The van der Waals surface area contributed by atoms with Gasteiger partial charge in [-0.15, -0.1) is 0 Å². The fourth-order valence-electron chi connectivity index (χ4n) is 5.89. The lowest BCUT2D eigenvalue weighted by atomic mass is 9.70. The topological polar surface area (TPSA) is 71.0 Å². The Morgan fingerprint density at radius 3 is 3.00 bits per heavy atom. The number of rotatable bonds is 2. The van der Waals surface area contributed by atoms with Gasteiger partial charge in [-0.3, -0.25) is 9.63 Å². The average molecular weight is 344 g/mol. The third-order valence-corrected chi connectivity index (χ3v) is 6.90. The summed E-state index contributed by atoms with van der Waals surface area (Å²) in [4.78, 5) is 18.9. The molecule has 134 valence electrons. The van der Waals surface area contributed by atoms with E-state index in [-0.39, 0.29) is 23.8 Å². The van der Waals surface area contributed by atoms with Gasteiger partial charge in [-0.2, -0.15) is 5.06 Å². The summed E-state index contributed by atoms with van der Waals surface area (Å²) < 4.78 is 6.15. The van der Waals surface area contributed by atoms with Gasteiger partial charge >= 0.3 is 0 Å². The van der Waals surface area contributed by atoms with Crippen LogP contribution in [0, 0.1) is 11.8 Å². The van der Waals surface area contributed by atoms with Gasteiger partial charge in [0.05, 0.1) is 25.5 Å². The average Bonchev–Trinajstić information content (AvgIpc) is 3.00. The second kappa shape index (κ2) is 5.27. The van der Waals surface area contributed by atoms with Gasteiger partial charge in [-0.1, -0.05) is 25.1 Å². The van der Waals surface area contributed by atoms with Crippen LogP contribution in [0.15, 0.2) is 24.3 Å². The van der Waals surface area contributed by atoms with Gasteiger partial charge in [0.1, 0.15) is 11.5 Å². The first-order valence-electron chi connectivity index (χ1n) is 9.17. The number of carbonyl (C=O) groups excluding carboxylic acids is 1. The molecule has 3 saturated heterocycles. The van der Waals surface area contributed by atoms with E-state index < -0.39 is 17.6 Å². The molecule has 4 fully saturated rings. The van der Waals surface area contributed by atoms with Crippen LogP contribution < -0.4 is 10.4 Å². The quantitative estimate of drug-likeness (QED) is 0.837. The first-order chi connectivity index (χ1) is 12.1. The van der Waals surface area contributed by atoms with Crippen LogP contribution in [-0.2, 0) is 19.8 Å². The van der Waals surface area contributed by atoms with Crippen LogP contribution in [0.25, 0.3) is 0 Å². The van der Waals surface area contributed by atoms with Crippen LogP contribution in [0.2, 0.25) is 0 Å². The van der Waals surface area contributed by atoms with Crippen molar-refractivity contribution in [2.45, 2.75) is 49.5 Å². The lowest BCUT2D eigenvalue weighted by Crippen LogP contribution is -2.59. The van der Waals surface area contributed by atoms with Crippen molar-refractivity contribution in [1.29, 1.82) is 0 Å². The Labute approximate surface area is 147 Å². The zero-order chi connectivity index (χ0) is 17.3. The minimum absolute atomic E-state index is 0.122. The van der Waals surface area contributed by atoms with Crippen LogP contribution in [0.3, 0.4) is 0 Å². The predicted molar refractivity (Wildman–Crippen MR) is 91.0 cm³/mol. The zero-order valence-corrected chi connectivity index (χ0v) is 14.5. The summed E-state index contributed by atoms with van der Waals surface area (Å²) in [5.74, 6) is 0.278. The molecule has 0 radical (unpaired) electrons. The molecule has 4 bridgehead atoms. The predicted octanol–water partition coefficient (Wildman–Crippen LogP) is 0.979. The van der Waals surface area contributed by atoms with Crippen molar-refractivity contribution >= 4 is 11.6 Å². The molecular formula is C19H24N2O4. The van der Waals surface area contributed by atoms with E-state index in [1.165, 1.54) is 12.2 Å². The van der Waals surface area contributed by atoms with E-state index in [1.807, 2.05) is 24.3 Å². The summed E-state index contributed by atoms with van der Waals surface area (Å²) in [6.07, 6.45) is 0.437. The number of amides is 1. The Kier molecular flexibility index (Phi) is 3.32. The van der Waals surface area contributed by atoms with Crippen LogP contribution in [0.4, 0.5) is 5.69 Å². The molecule has 2 N–H and O–H groups in total. The highest BCUT2D eigenvalue weighted by Gasteiger charge is 2.67. The summed E-state index contributed by atoms with van der Waals surface area (Å²) in [5, 5.41) is 16.3. The second-order valence-corrected chi connectivity index (χ2v) is 7.75. The first kappa shape index (κ1) is 15.8. The van der Waals surface area contributed by atoms with Crippen molar-refractivity contribution in [3.05, 3.63) is 29.8 Å². The standard InChI is InChI=1S/C19H24N2O4/c1-3-12-15-10-9-25-17(16(15)22)19(8-13(10)20-12)11-6-4-5-7-14(11)21(24-2)18(19)23/h4-7,10,12-13,15-17,20,22H,3,8-9H2,1-2H3/t10-,12-,13+,15-,16?,17-,19+/m1/s1. The number of carbonyl (C=O) groups is 1. The van der Waals surface area contributed by atoms with Crippen molar-refractivity contribution in [1.82, 2.24) is 5.32 Å². The number of hydrogen-bond donors (Lipinski definition) is 2. The molecular weight excluding hydrogens is 320 g/mol. The molecule has 5 aliphatic rings. The van der Waals surface area contributed by atoms with Gasteiger partial charge in [0.2, 0.25) is 0 Å². The summed E-state index contributed by atoms with van der Waals surface area (Å²) >= 11 is 0. The SMILES string of the molecule is CC[C@H]1N[C@H]2C[C@@]3(C(=O)N(OC)c4ccccc43)[C@@H]3OC[C@H]2[C@H]1C3O. The molecule has 4 heterocycles. The molecule has 1 aromatic rings. The zero-order valence-electron chi connectivity index (χ0n) is 14.5. The number of ether oxygens (including phenoxy) is 1. The van der Waals surface area contributed by atoms with E-state index in [2.05, 4.69) is 12.2 Å². The maximum atomic E-state index is 13.5. The number of aliphatic hydroxyl groups is 1. The molecule has 1 spiro atoms. The van der Waals surface area contributed by atoms with Crippen molar-refractivity contribution in [3.63, 3.8) is 0 Å². The molecule has 1 aliphatic carbocycles. The second-order valence-electron chi connectivity index (χ2n) is 7.75. The van der Waals surface area contributed by atoms with E-state index in [1.54, 1.807) is 0 Å². The van der Waals surface area contributed by atoms with Crippen molar-refractivity contribution < 1.29 is 19.5 Å². The first-order valence-corrected chi connectivity index (χ1v) is 9.17. The summed E-state index contributed by atoms with van der Waals surface area (Å²) in [5.41, 5.74) is 0.791. The van der Waals surface area contributed by atoms with Crippen LogP contribution >= 0.6 is 0 Å². The molecule has 1 saturated carbocycles. The number of benzene rings is 1. The van der Waals surface area contributed by atoms with E-state index in [4.69, 9.17) is 9.57 Å². The van der Waals surface area contributed by atoms with Gasteiger partial charge in [0, 0.05) is 23.9 Å². The van der Waals surface area contributed by atoms with Crippen molar-refractivity contribution in [2.75, 3.05) is 18.8 Å². The molecule has 6 heteroatoms. The van der Waals surface area contributed by atoms with E-state index >= 15 is 0 Å². The van der Waals surface area contributed by atoms with Crippen molar-refractivity contribution in [3.8, 4) is 0 Å². The van der Waals surface area contributed by atoms with Gasteiger partial charge < -0.3 is 15.2 Å². The van der Waals surface area contributed by atoms with Gasteiger partial charge in [0.25, 0.3) is 5.91 Å². The molecule has 1 unspecified atom stereocenters.